The molecule has 1 aromatic carbocycles. The Morgan fingerprint density at radius 1 is 1.56 bits per heavy atom. The number of rotatable bonds is 3. The molecule has 0 amide bonds. The molecule has 0 aliphatic rings. The fourth-order valence-corrected chi connectivity index (χ4v) is 1.20. The van der Waals surface area contributed by atoms with E-state index in [-0.39, 0.29) is 10.6 Å². The van der Waals surface area contributed by atoms with Crippen LogP contribution in [0.2, 0.25) is 5.02 Å². The zero-order chi connectivity index (χ0) is 12.3. The van der Waals surface area contributed by atoms with E-state index >= 15 is 0 Å². The molecule has 0 unspecified atom stereocenters. The lowest BCUT2D eigenvalue weighted by Crippen LogP contribution is -1.94. The first-order valence-corrected chi connectivity index (χ1v) is 4.34. The lowest BCUT2D eigenvalue weighted by atomic mass is 10.2. The van der Waals surface area contributed by atoms with Gasteiger partial charge in [0.05, 0.1) is 9.95 Å². The summed E-state index contributed by atoms with van der Waals surface area (Å²) in [7, 11) is 0. The predicted octanol–water partition coefficient (Wildman–Crippen LogP) is 2.49. The number of carboxylic acid groups (broad SMARTS) is 1. The van der Waals surface area contributed by atoms with Gasteiger partial charge >= 0.3 is 11.7 Å². The van der Waals surface area contributed by atoms with Gasteiger partial charge in [-0.15, -0.1) is 0 Å². The first-order valence-electron chi connectivity index (χ1n) is 3.96. The Hall–Kier alpha value is -1.95. The van der Waals surface area contributed by atoms with E-state index in [4.69, 9.17) is 16.7 Å². The van der Waals surface area contributed by atoms with Crippen molar-refractivity contribution in [2.24, 2.45) is 0 Å². The van der Waals surface area contributed by atoms with Crippen molar-refractivity contribution in [3.8, 4) is 0 Å². The van der Waals surface area contributed by atoms with Crippen LogP contribution in [-0.4, -0.2) is 16.0 Å². The number of hydrogen-bond donors (Lipinski definition) is 1. The number of carboxylic acids is 1. The zero-order valence-electron chi connectivity index (χ0n) is 7.68. The molecule has 0 aliphatic carbocycles. The molecule has 5 nitrogen and oxygen atoms in total. The van der Waals surface area contributed by atoms with Crippen LogP contribution in [0.5, 0.6) is 0 Å². The summed E-state index contributed by atoms with van der Waals surface area (Å²) in [6.45, 7) is 0. The Bertz CT molecular complexity index is 487. The quantitative estimate of drug-likeness (QED) is 0.504. The smallest absolute Gasteiger partial charge is 0.328 e. The minimum absolute atomic E-state index is 0.0668. The van der Waals surface area contributed by atoms with Gasteiger partial charge in [-0.3, -0.25) is 10.1 Å². The number of carbonyl (C=O) groups is 1. The molecular formula is C9H5ClFNO4. The zero-order valence-corrected chi connectivity index (χ0v) is 8.44. The maximum atomic E-state index is 13.0. The SMILES string of the molecule is O=C(O)/C=C/c1cc([N+](=O)[O-])c(F)cc1Cl. The molecule has 0 aromatic heterocycles. The minimum Gasteiger partial charge on any atom is -0.478 e. The van der Waals surface area contributed by atoms with Gasteiger partial charge in [0, 0.05) is 23.8 Å². The van der Waals surface area contributed by atoms with Crippen LogP contribution < -0.4 is 0 Å². The monoisotopic (exact) mass is 245 g/mol. The van der Waals surface area contributed by atoms with Crippen LogP contribution in [0.25, 0.3) is 6.08 Å². The highest BCUT2D eigenvalue weighted by Crippen LogP contribution is 2.26. The van der Waals surface area contributed by atoms with E-state index in [1.807, 2.05) is 0 Å². The molecule has 0 saturated carbocycles. The molecule has 1 rings (SSSR count). The Balaban J connectivity index is 3.25. The van der Waals surface area contributed by atoms with E-state index in [0.29, 0.717) is 0 Å². The van der Waals surface area contributed by atoms with E-state index in [1.54, 1.807) is 0 Å². The third-order valence-electron chi connectivity index (χ3n) is 1.67. The van der Waals surface area contributed by atoms with Gasteiger partial charge in [0.15, 0.2) is 0 Å². The molecule has 7 heteroatoms. The second-order valence-electron chi connectivity index (χ2n) is 2.75. The number of aliphatic carboxylic acids is 1. The van der Waals surface area contributed by atoms with E-state index in [1.165, 1.54) is 0 Å². The van der Waals surface area contributed by atoms with Crippen molar-refractivity contribution >= 4 is 29.3 Å². The lowest BCUT2D eigenvalue weighted by molar-refractivity contribution is -0.387. The molecular weight excluding hydrogens is 241 g/mol. The summed E-state index contributed by atoms with van der Waals surface area (Å²) in [6, 6.07) is 1.64. The van der Waals surface area contributed by atoms with Crippen LogP contribution in [0.4, 0.5) is 10.1 Å². The summed E-state index contributed by atoms with van der Waals surface area (Å²) in [5, 5.41) is 18.7. The predicted molar refractivity (Wildman–Crippen MR) is 54.7 cm³/mol. The molecule has 0 bridgehead atoms. The Morgan fingerprint density at radius 3 is 2.69 bits per heavy atom. The van der Waals surface area contributed by atoms with Crippen LogP contribution in [0.3, 0.4) is 0 Å². The van der Waals surface area contributed by atoms with Crippen molar-refractivity contribution in [1.29, 1.82) is 0 Å². The van der Waals surface area contributed by atoms with Crippen LogP contribution >= 0.6 is 11.6 Å². The summed E-state index contributed by atoms with van der Waals surface area (Å²) in [5.41, 5.74) is -0.688. The summed E-state index contributed by atoms with van der Waals surface area (Å²) in [4.78, 5) is 19.7. The normalized spacial score (nSPS) is 10.6. The number of halogens is 2. The maximum Gasteiger partial charge on any atom is 0.328 e. The van der Waals surface area contributed by atoms with Crippen molar-refractivity contribution in [2.45, 2.75) is 0 Å². The van der Waals surface area contributed by atoms with Crippen molar-refractivity contribution < 1.29 is 19.2 Å². The molecule has 1 N–H and O–H groups in total. The number of nitrogens with zero attached hydrogens (tertiary/aromatic N) is 1. The molecule has 0 spiro atoms. The van der Waals surface area contributed by atoms with Gasteiger partial charge in [-0.2, -0.15) is 4.39 Å². The molecule has 0 radical (unpaired) electrons. The Kier molecular flexibility index (Phi) is 3.57. The van der Waals surface area contributed by atoms with E-state index < -0.39 is 22.4 Å². The van der Waals surface area contributed by atoms with Crippen LogP contribution in [0.1, 0.15) is 5.56 Å². The number of benzene rings is 1. The molecule has 0 saturated heterocycles. The molecule has 1 aromatic rings. The van der Waals surface area contributed by atoms with E-state index in [0.717, 1.165) is 24.3 Å². The molecule has 0 heterocycles. The largest absolute Gasteiger partial charge is 0.478 e. The highest BCUT2D eigenvalue weighted by molar-refractivity contribution is 6.32. The second-order valence-corrected chi connectivity index (χ2v) is 3.16. The highest BCUT2D eigenvalue weighted by Gasteiger charge is 2.16. The molecule has 0 fully saturated rings. The van der Waals surface area contributed by atoms with Gasteiger partial charge in [-0.25, -0.2) is 4.79 Å². The molecule has 16 heavy (non-hydrogen) atoms. The van der Waals surface area contributed by atoms with Crippen molar-refractivity contribution in [2.75, 3.05) is 0 Å². The maximum absolute atomic E-state index is 13.0. The van der Waals surface area contributed by atoms with Gasteiger partial charge in [-0.1, -0.05) is 11.6 Å². The average molecular weight is 246 g/mol. The average Bonchev–Trinajstić information content (AvgIpc) is 2.15. The Morgan fingerprint density at radius 2 is 2.19 bits per heavy atom. The summed E-state index contributed by atoms with van der Waals surface area (Å²) in [5.74, 6) is -2.30. The number of nitro groups is 1. The summed E-state index contributed by atoms with van der Waals surface area (Å²) >= 11 is 5.58. The van der Waals surface area contributed by atoms with E-state index in [2.05, 4.69) is 0 Å². The van der Waals surface area contributed by atoms with Crippen molar-refractivity contribution in [3.63, 3.8) is 0 Å². The lowest BCUT2D eigenvalue weighted by Gasteiger charge is -1.99. The van der Waals surface area contributed by atoms with Crippen LogP contribution in [-0.2, 0) is 4.79 Å². The number of hydrogen-bond acceptors (Lipinski definition) is 3. The van der Waals surface area contributed by atoms with Crippen molar-refractivity contribution in [1.82, 2.24) is 0 Å². The third kappa shape index (κ3) is 2.77. The van der Waals surface area contributed by atoms with Gasteiger partial charge < -0.3 is 5.11 Å². The Labute approximate surface area is 93.9 Å². The van der Waals surface area contributed by atoms with Crippen molar-refractivity contribution in [3.05, 3.63) is 44.7 Å². The van der Waals surface area contributed by atoms with Crippen LogP contribution in [0, 0.1) is 15.9 Å². The summed E-state index contributed by atoms with van der Waals surface area (Å²) < 4.78 is 13.0. The molecule has 84 valence electrons. The van der Waals surface area contributed by atoms with Gasteiger partial charge in [0.1, 0.15) is 0 Å². The second kappa shape index (κ2) is 4.71. The summed E-state index contributed by atoms with van der Waals surface area (Å²) in [6.07, 6.45) is 1.81. The van der Waals surface area contributed by atoms with Crippen LogP contribution in [0.15, 0.2) is 18.2 Å². The molecule has 0 atom stereocenters. The minimum atomic E-state index is -1.23. The molecule has 0 aliphatic heterocycles. The van der Waals surface area contributed by atoms with Gasteiger partial charge in [0.25, 0.3) is 0 Å². The number of nitro benzene ring substituents is 1. The van der Waals surface area contributed by atoms with E-state index in [9.17, 15) is 19.3 Å². The highest BCUT2D eigenvalue weighted by atomic mass is 35.5. The van der Waals surface area contributed by atoms with Gasteiger partial charge in [-0.05, 0) is 6.08 Å². The topological polar surface area (TPSA) is 80.4 Å². The first-order chi connectivity index (χ1) is 7.41. The third-order valence-corrected chi connectivity index (χ3v) is 2.00. The first kappa shape index (κ1) is 12.1. The fourth-order valence-electron chi connectivity index (χ4n) is 0.982. The van der Waals surface area contributed by atoms with Gasteiger partial charge in [0.2, 0.25) is 5.82 Å². The standard InChI is InChI=1S/C9H5ClFNO4/c10-6-4-7(11)8(12(15)16)3-5(6)1-2-9(13)14/h1-4H,(H,13,14)/b2-1+. The fraction of sp³-hybridized carbons (Fsp3) is 0.